The Morgan fingerprint density at radius 2 is 2.33 bits per heavy atom. The number of methoxy groups -OCH3 is 1. The van der Waals surface area contributed by atoms with Crippen LogP contribution in [0.5, 0.6) is 5.75 Å². The Morgan fingerprint density at radius 3 is 3.08 bits per heavy atom. The molecule has 0 bridgehead atoms. The van der Waals surface area contributed by atoms with Crippen LogP contribution < -0.4 is 10.5 Å². The van der Waals surface area contributed by atoms with Crippen LogP contribution in [0.2, 0.25) is 0 Å². The zero-order valence-electron chi connectivity index (χ0n) is 6.46. The molecule has 1 heterocycles. The highest BCUT2D eigenvalue weighted by atomic mass is 16.5. The molecule has 0 radical (unpaired) electrons. The summed E-state index contributed by atoms with van der Waals surface area (Å²) in [5.41, 5.74) is 1.12. The third-order valence-corrected chi connectivity index (χ3v) is 1.64. The van der Waals surface area contributed by atoms with E-state index in [1.54, 1.807) is 25.3 Å². The van der Waals surface area contributed by atoms with Gasteiger partial charge in [0.05, 0.1) is 7.11 Å². The maximum atomic E-state index is 10.8. The van der Waals surface area contributed by atoms with E-state index in [0.29, 0.717) is 16.8 Å². The van der Waals surface area contributed by atoms with E-state index in [-0.39, 0.29) is 0 Å². The first-order valence-electron chi connectivity index (χ1n) is 3.47. The molecule has 0 aliphatic carbocycles. The zero-order chi connectivity index (χ0) is 8.55. The first-order valence-corrected chi connectivity index (χ1v) is 3.47. The van der Waals surface area contributed by atoms with Gasteiger partial charge in [0.1, 0.15) is 11.3 Å². The van der Waals surface area contributed by atoms with Gasteiger partial charge in [-0.1, -0.05) is 6.07 Å². The van der Waals surface area contributed by atoms with Crippen molar-refractivity contribution in [2.45, 2.75) is 0 Å². The van der Waals surface area contributed by atoms with Crippen LogP contribution in [0.25, 0.3) is 11.1 Å². The van der Waals surface area contributed by atoms with Gasteiger partial charge >= 0.3 is 5.76 Å². The molecule has 1 N–H and O–H groups in total. The van der Waals surface area contributed by atoms with Crippen molar-refractivity contribution in [2.24, 2.45) is 0 Å². The molecule has 4 nitrogen and oxygen atoms in total. The highest BCUT2D eigenvalue weighted by molar-refractivity contribution is 5.79. The summed E-state index contributed by atoms with van der Waals surface area (Å²) in [6, 6.07) is 5.22. The van der Waals surface area contributed by atoms with Crippen molar-refractivity contribution >= 4 is 11.1 Å². The molecule has 1 aromatic heterocycles. The van der Waals surface area contributed by atoms with Crippen LogP contribution in [0, 0.1) is 0 Å². The number of rotatable bonds is 1. The minimum Gasteiger partial charge on any atom is -0.494 e. The number of para-hydroxylation sites is 1. The van der Waals surface area contributed by atoms with Crippen LogP contribution in [0.3, 0.4) is 0 Å². The Labute approximate surface area is 67.8 Å². The van der Waals surface area contributed by atoms with E-state index in [1.165, 1.54) is 0 Å². The van der Waals surface area contributed by atoms with Crippen molar-refractivity contribution in [2.75, 3.05) is 7.11 Å². The summed E-state index contributed by atoms with van der Waals surface area (Å²) in [6.45, 7) is 0. The number of oxazole rings is 1. The van der Waals surface area contributed by atoms with E-state index in [1.807, 2.05) is 0 Å². The lowest BCUT2D eigenvalue weighted by Crippen LogP contribution is -1.93. The van der Waals surface area contributed by atoms with Gasteiger partial charge in [0.2, 0.25) is 0 Å². The number of benzene rings is 1. The molecule has 2 rings (SSSR count). The number of nitrogens with one attached hydrogen (secondary N) is 1. The highest BCUT2D eigenvalue weighted by Crippen LogP contribution is 2.21. The van der Waals surface area contributed by atoms with Gasteiger partial charge in [-0.3, -0.25) is 4.98 Å². The molecule has 0 amide bonds. The molecule has 0 unspecified atom stereocenters. The lowest BCUT2D eigenvalue weighted by molar-refractivity contribution is 0.419. The van der Waals surface area contributed by atoms with Gasteiger partial charge in [-0.2, -0.15) is 0 Å². The summed E-state index contributed by atoms with van der Waals surface area (Å²) >= 11 is 0. The minimum atomic E-state index is -0.463. The van der Waals surface area contributed by atoms with Crippen molar-refractivity contribution in [1.82, 2.24) is 4.98 Å². The average molecular weight is 165 g/mol. The van der Waals surface area contributed by atoms with Gasteiger partial charge in [-0.15, -0.1) is 0 Å². The Balaban J connectivity index is 2.87. The topological polar surface area (TPSA) is 55.2 Å². The standard InChI is InChI=1S/C8H7NO3/c1-11-5-3-2-4-6-7(5)9-8(10)12-6/h2-4H,1H3,(H,9,10). The van der Waals surface area contributed by atoms with Crippen LogP contribution in [0.15, 0.2) is 27.4 Å². The molecule has 0 spiro atoms. The second kappa shape index (κ2) is 2.41. The van der Waals surface area contributed by atoms with E-state index in [2.05, 4.69) is 4.98 Å². The highest BCUT2D eigenvalue weighted by Gasteiger charge is 2.04. The molecule has 12 heavy (non-hydrogen) atoms. The van der Waals surface area contributed by atoms with Gasteiger partial charge < -0.3 is 9.15 Å². The molecule has 0 saturated heterocycles. The van der Waals surface area contributed by atoms with Crippen LogP contribution in [0.4, 0.5) is 0 Å². The molecular weight excluding hydrogens is 158 g/mol. The maximum absolute atomic E-state index is 10.8. The average Bonchev–Trinajstić information content (AvgIpc) is 2.44. The minimum absolute atomic E-state index is 0.463. The smallest absolute Gasteiger partial charge is 0.417 e. The Hall–Kier alpha value is -1.71. The Kier molecular flexibility index (Phi) is 1.40. The fourth-order valence-corrected chi connectivity index (χ4v) is 1.12. The van der Waals surface area contributed by atoms with Gasteiger partial charge in [0.25, 0.3) is 0 Å². The summed E-state index contributed by atoms with van der Waals surface area (Å²) in [5.74, 6) is 0.146. The van der Waals surface area contributed by atoms with Crippen molar-refractivity contribution in [1.29, 1.82) is 0 Å². The predicted molar refractivity (Wildman–Crippen MR) is 43.4 cm³/mol. The second-order valence-corrected chi connectivity index (χ2v) is 2.35. The molecule has 1 aromatic carbocycles. The molecule has 0 atom stereocenters. The number of hydrogen-bond acceptors (Lipinski definition) is 3. The monoisotopic (exact) mass is 165 g/mol. The van der Waals surface area contributed by atoms with E-state index in [0.717, 1.165) is 0 Å². The van der Waals surface area contributed by atoms with Crippen LogP contribution in [0.1, 0.15) is 0 Å². The second-order valence-electron chi connectivity index (χ2n) is 2.35. The SMILES string of the molecule is COc1cccc2oc(=O)[nH]c12. The molecule has 2 aromatic rings. The van der Waals surface area contributed by atoms with E-state index >= 15 is 0 Å². The van der Waals surface area contributed by atoms with Gasteiger partial charge in [-0.05, 0) is 12.1 Å². The van der Waals surface area contributed by atoms with E-state index < -0.39 is 5.76 Å². The Morgan fingerprint density at radius 1 is 1.50 bits per heavy atom. The summed E-state index contributed by atoms with van der Waals surface area (Å²) in [7, 11) is 1.54. The third-order valence-electron chi connectivity index (χ3n) is 1.64. The van der Waals surface area contributed by atoms with Gasteiger partial charge in [-0.25, -0.2) is 4.79 Å². The molecule has 0 aliphatic rings. The lowest BCUT2D eigenvalue weighted by Gasteiger charge is -1.97. The van der Waals surface area contributed by atoms with E-state index in [9.17, 15) is 4.79 Å². The fourth-order valence-electron chi connectivity index (χ4n) is 1.12. The normalized spacial score (nSPS) is 10.4. The first kappa shape index (κ1) is 6.97. The Bertz CT molecular complexity index is 455. The van der Waals surface area contributed by atoms with Crippen molar-refractivity contribution in [3.8, 4) is 5.75 Å². The largest absolute Gasteiger partial charge is 0.494 e. The summed E-state index contributed by atoms with van der Waals surface area (Å²) in [5, 5.41) is 0. The quantitative estimate of drug-likeness (QED) is 0.689. The number of hydrogen-bond donors (Lipinski definition) is 1. The number of H-pyrrole nitrogens is 1. The number of ether oxygens (including phenoxy) is 1. The van der Waals surface area contributed by atoms with Crippen molar-refractivity contribution < 1.29 is 9.15 Å². The predicted octanol–water partition coefficient (Wildman–Crippen LogP) is 1.13. The number of aromatic amines is 1. The lowest BCUT2D eigenvalue weighted by atomic mass is 10.3. The maximum Gasteiger partial charge on any atom is 0.417 e. The van der Waals surface area contributed by atoms with Crippen molar-refractivity contribution in [3.63, 3.8) is 0 Å². The van der Waals surface area contributed by atoms with Crippen LogP contribution >= 0.6 is 0 Å². The fraction of sp³-hybridized carbons (Fsp3) is 0.125. The number of fused-ring (bicyclic) bond motifs is 1. The first-order chi connectivity index (χ1) is 5.81. The van der Waals surface area contributed by atoms with Crippen LogP contribution in [-0.4, -0.2) is 12.1 Å². The van der Waals surface area contributed by atoms with Crippen molar-refractivity contribution in [3.05, 3.63) is 28.7 Å². The third kappa shape index (κ3) is 0.887. The molecule has 0 saturated carbocycles. The van der Waals surface area contributed by atoms with Crippen LogP contribution in [-0.2, 0) is 0 Å². The summed E-state index contributed by atoms with van der Waals surface area (Å²) in [6.07, 6.45) is 0. The zero-order valence-corrected chi connectivity index (χ0v) is 6.46. The summed E-state index contributed by atoms with van der Waals surface area (Å²) < 4.78 is 9.83. The summed E-state index contributed by atoms with van der Waals surface area (Å²) in [4.78, 5) is 13.3. The van der Waals surface area contributed by atoms with Gasteiger partial charge in [0.15, 0.2) is 5.58 Å². The molecule has 4 heteroatoms. The molecule has 0 aliphatic heterocycles. The number of aromatic nitrogens is 1. The molecular formula is C8H7NO3. The molecule has 62 valence electrons. The van der Waals surface area contributed by atoms with E-state index in [4.69, 9.17) is 9.15 Å². The van der Waals surface area contributed by atoms with Gasteiger partial charge in [0, 0.05) is 0 Å². The molecule has 0 fully saturated rings.